The maximum absolute atomic E-state index is 9.30. The van der Waals surface area contributed by atoms with Gasteiger partial charge in [-0.2, -0.15) is 0 Å². The van der Waals surface area contributed by atoms with Crippen molar-refractivity contribution in [3.63, 3.8) is 0 Å². The van der Waals surface area contributed by atoms with Crippen molar-refractivity contribution in [2.24, 2.45) is 0 Å². The Hall–Kier alpha value is -3.92. The van der Waals surface area contributed by atoms with Crippen LogP contribution in [0.3, 0.4) is 0 Å². The molecule has 0 unspecified atom stereocenters. The van der Waals surface area contributed by atoms with Crippen molar-refractivity contribution >= 4 is 16.8 Å². The number of hydrogen-bond acceptors (Lipinski definition) is 4. The van der Waals surface area contributed by atoms with Crippen LogP contribution in [0, 0.1) is 0 Å². The van der Waals surface area contributed by atoms with Crippen molar-refractivity contribution in [1.29, 1.82) is 0 Å². The average molecular weight is 412 g/mol. The van der Waals surface area contributed by atoms with Gasteiger partial charge in [0.1, 0.15) is 11.5 Å². The van der Waals surface area contributed by atoms with Crippen LogP contribution in [0.4, 0.5) is 0 Å². The van der Waals surface area contributed by atoms with E-state index in [-0.39, 0.29) is 16.9 Å². The molecule has 31 heavy (non-hydrogen) atoms. The summed E-state index contributed by atoms with van der Waals surface area (Å²) in [5.74, 6) is 1.45. The fourth-order valence-electron chi connectivity index (χ4n) is 3.64. The van der Waals surface area contributed by atoms with E-state index in [1.54, 1.807) is 30.5 Å². The molecule has 0 bridgehead atoms. The molecule has 0 aliphatic carbocycles. The molecule has 5 rings (SSSR count). The highest BCUT2D eigenvalue weighted by Gasteiger charge is 2.22. The smallest absolute Gasteiger partial charge is 0.170 e. The number of rotatable bonds is 2. The largest absolute Gasteiger partial charge is 0.508 e. The van der Waals surface area contributed by atoms with Crippen molar-refractivity contribution in [2.75, 3.05) is 0 Å². The molecule has 1 aliphatic heterocycles. The van der Waals surface area contributed by atoms with Crippen LogP contribution in [0.5, 0.6) is 17.2 Å². The number of phenolic OH excluding ortho intramolecular Hbond substituents is 2. The van der Waals surface area contributed by atoms with Crippen molar-refractivity contribution < 1.29 is 15.1 Å². The van der Waals surface area contributed by atoms with Crippen LogP contribution in [-0.2, 0) is 5.41 Å². The Bertz CT molecular complexity index is 1160. The van der Waals surface area contributed by atoms with Crippen LogP contribution in [0.2, 0.25) is 0 Å². The van der Waals surface area contributed by atoms with Gasteiger partial charge in [0.2, 0.25) is 0 Å². The molecule has 0 aromatic heterocycles. The third-order valence-electron chi connectivity index (χ3n) is 5.58. The van der Waals surface area contributed by atoms with E-state index in [2.05, 4.69) is 43.6 Å². The van der Waals surface area contributed by atoms with Gasteiger partial charge in [-0.05, 0) is 46.9 Å². The lowest BCUT2D eigenvalue weighted by Crippen LogP contribution is -2.18. The molecule has 0 spiro atoms. The molecule has 4 nitrogen and oxygen atoms in total. The molecule has 0 radical (unpaired) electrons. The number of hydroxylamine groups is 1. The van der Waals surface area contributed by atoms with Gasteiger partial charge in [-0.15, -0.1) is 0 Å². The highest BCUT2D eigenvalue weighted by molar-refractivity contribution is 5.92. The monoisotopic (exact) mass is 411 g/mol. The summed E-state index contributed by atoms with van der Waals surface area (Å²) in [5.41, 5.74) is 5.97. The van der Waals surface area contributed by atoms with Gasteiger partial charge < -0.3 is 15.1 Å². The lowest BCUT2D eigenvalue weighted by atomic mass is 9.78. The molecular weight excluding hydrogens is 386 g/mol. The minimum atomic E-state index is -0.151. The van der Waals surface area contributed by atoms with Crippen molar-refractivity contribution in [3.05, 3.63) is 108 Å². The highest BCUT2D eigenvalue weighted by atomic mass is 16.6. The molecule has 4 aromatic carbocycles. The molecular formula is C27H25NO3. The number of hydrogen-bond donors (Lipinski definition) is 3. The zero-order chi connectivity index (χ0) is 21.8. The van der Waals surface area contributed by atoms with Gasteiger partial charge in [0.15, 0.2) is 5.75 Å². The summed E-state index contributed by atoms with van der Waals surface area (Å²) in [4.78, 5) is 5.40. The van der Waals surface area contributed by atoms with Crippen molar-refractivity contribution in [1.82, 2.24) is 5.48 Å². The lowest BCUT2D eigenvalue weighted by Gasteiger charge is -2.26. The van der Waals surface area contributed by atoms with Gasteiger partial charge in [-0.1, -0.05) is 74.5 Å². The number of aromatic hydroxyl groups is 2. The predicted octanol–water partition coefficient (Wildman–Crippen LogP) is 6.13. The Labute approximate surface area is 182 Å². The van der Waals surface area contributed by atoms with E-state index in [9.17, 15) is 10.2 Å². The molecule has 1 heterocycles. The molecule has 0 saturated carbocycles. The van der Waals surface area contributed by atoms with Crippen LogP contribution in [0.1, 0.15) is 30.5 Å². The van der Waals surface area contributed by atoms with Crippen LogP contribution in [-0.4, -0.2) is 10.2 Å². The van der Waals surface area contributed by atoms with Crippen LogP contribution in [0.25, 0.3) is 16.8 Å². The minimum Gasteiger partial charge on any atom is -0.508 e. The molecule has 0 amide bonds. The van der Waals surface area contributed by atoms with Crippen LogP contribution >= 0.6 is 0 Å². The number of phenols is 2. The van der Waals surface area contributed by atoms with Crippen LogP contribution in [0.15, 0.2) is 91.1 Å². The summed E-state index contributed by atoms with van der Waals surface area (Å²) < 4.78 is 0. The normalized spacial score (nSPS) is 12.2. The van der Waals surface area contributed by atoms with E-state index in [1.807, 2.05) is 42.5 Å². The molecule has 4 heteroatoms. The summed E-state index contributed by atoms with van der Waals surface area (Å²) in [7, 11) is 0. The Morgan fingerprint density at radius 3 is 1.90 bits per heavy atom. The zero-order valence-electron chi connectivity index (χ0n) is 17.5. The van der Waals surface area contributed by atoms with Gasteiger partial charge in [0.05, 0.1) is 0 Å². The Morgan fingerprint density at radius 1 is 0.710 bits per heavy atom. The molecule has 4 aromatic rings. The average Bonchev–Trinajstić information content (AvgIpc) is 2.80. The van der Waals surface area contributed by atoms with Gasteiger partial charge >= 0.3 is 0 Å². The summed E-state index contributed by atoms with van der Waals surface area (Å²) in [6, 6.07) is 26.8. The van der Waals surface area contributed by atoms with E-state index in [4.69, 9.17) is 4.84 Å². The number of benzene rings is 4. The standard InChI is InChI=1S/C15H16O2.C12H9NO/c1-15(2,11-3-7-13(16)8-4-11)12-5-9-14(17)10-6-12;1-2-4-11-9(3-1)5-6-10-7-8-13-14-12(10)11/h3-10,16-17H,1-2H3;1-8,13H. The van der Waals surface area contributed by atoms with Crippen molar-refractivity contribution in [2.45, 2.75) is 19.3 Å². The van der Waals surface area contributed by atoms with Crippen molar-refractivity contribution in [3.8, 4) is 17.2 Å². The second kappa shape index (κ2) is 8.44. The fraction of sp³-hybridized carbons (Fsp3) is 0.111. The first-order valence-electron chi connectivity index (χ1n) is 10.1. The first-order valence-corrected chi connectivity index (χ1v) is 10.1. The summed E-state index contributed by atoms with van der Waals surface area (Å²) in [5, 5.41) is 20.9. The van der Waals surface area contributed by atoms with Gasteiger partial charge in [-0.25, -0.2) is 5.48 Å². The van der Waals surface area contributed by atoms with Gasteiger partial charge in [0.25, 0.3) is 0 Å². The fourth-order valence-corrected chi connectivity index (χ4v) is 3.64. The third kappa shape index (κ3) is 4.33. The maximum atomic E-state index is 9.30. The van der Waals surface area contributed by atoms with E-state index >= 15 is 0 Å². The van der Waals surface area contributed by atoms with E-state index in [1.165, 1.54) is 5.39 Å². The summed E-state index contributed by atoms with van der Waals surface area (Å²) in [6.45, 7) is 4.23. The summed E-state index contributed by atoms with van der Waals surface area (Å²) in [6.07, 6.45) is 3.79. The molecule has 3 N–H and O–H groups in total. The van der Waals surface area contributed by atoms with E-state index in [0.717, 1.165) is 27.8 Å². The SMILES string of the molecule is C1=Cc2ccc3ccccc3c2ON1.CC(C)(c1ccc(O)cc1)c1ccc(O)cc1. The summed E-state index contributed by atoms with van der Waals surface area (Å²) >= 11 is 0. The quantitative estimate of drug-likeness (QED) is 0.371. The minimum absolute atomic E-state index is 0.151. The Morgan fingerprint density at radius 2 is 1.29 bits per heavy atom. The maximum Gasteiger partial charge on any atom is 0.170 e. The first kappa shape index (κ1) is 20.4. The Kier molecular flexibility index (Phi) is 5.54. The zero-order valence-corrected chi connectivity index (χ0v) is 17.5. The molecule has 0 fully saturated rings. The number of fused-ring (bicyclic) bond motifs is 3. The topological polar surface area (TPSA) is 61.7 Å². The molecule has 0 atom stereocenters. The predicted molar refractivity (Wildman–Crippen MR) is 125 cm³/mol. The van der Waals surface area contributed by atoms with Gasteiger partial charge in [-0.3, -0.25) is 0 Å². The van der Waals surface area contributed by atoms with Crippen LogP contribution < -0.4 is 10.3 Å². The third-order valence-corrected chi connectivity index (χ3v) is 5.58. The molecule has 156 valence electrons. The second-order valence-electron chi connectivity index (χ2n) is 7.98. The Balaban J connectivity index is 0.000000151. The lowest BCUT2D eigenvalue weighted by molar-refractivity contribution is 0.242. The first-order chi connectivity index (χ1) is 14.9. The second-order valence-corrected chi connectivity index (χ2v) is 7.98. The van der Waals surface area contributed by atoms with E-state index < -0.39 is 0 Å². The van der Waals surface area contributed by atoms with Gasteiger partial charge in [0, 0.05) is 22.6 Å². The number of nitrogens with one attached hydrogen (secondary N) is 1. The van der Waals surface area contributed by atoms with E-state index in [0.29, 0.717) is 0 Å². The molecule has 0 saturated heterocycles. The highest BCUT2D eigenvalue weighted by Crippen LogP contribution is 2.33. The molecule has 1 aliphatic rings.